The fourth-order valence-corrected chi connectivity index (χ4v) is 3.13. The average molecular weight is 359 g/mol. The van der Waals surface area contributed by atoms with E-state index in [1.165, 1.54) is 17.7 Å². The number of hydrogen-bond donors (Lipinski definition) is 1. The molecular weight excluding hydrogens is 336 g/mol. The third-order valence-corrected chi connectivity index (χ3v) is 4.58. The van der Waals surface area contributed by atoms with E-state index in [1.807, 2.05) is 23.1 Å². The number of carbonyl (C=O) groups is 1. The Balaban J connectivity index is 1.40. The topological polar surface area (TPSA) is 35.6 Å². The molecule has 1 aliphatic heterocycles. The van der Waals surface area contributed by atoms with Crippen molar-refractivity contribution in [1.82, 2.24) is 10.2 Å². The molecule has 6 heteroatoms. The van der Waals surface area contributed by atoms with E-state index in [0.29, 0.717) is 38.4 Å². The second-order valence-electron chi connectivity index (χ2n) is 6.39. The summed E-state index contributed by atoms with van der Waals surface area (Å²) in [6.45, 7) is 2.71. The quantitative estimate of drug-likeness (QED) is 0.831. The molecule has 0 atom stereocenters. The van der Waals surface area contributed by atoms with E-state index in [1.54, 1.807) is 4.90 Å². The monoisotopic (exact) mass is 359 g/mol. The normalized spacial score (nSPS) is 14.4. The smallest absolute Gasteiger partial charge is 0.317 e. The number of aryl methyl sites for hydroxylation is 1. The zero-order chi connectivity index (χ0) is 18.4. The molecule has 0 radical (unpaired) electrons. The van der Waals surface area contributed by atoms with Crippen molar-refractivity contribution in [3.63, 3.8) is 0 Å². The fraction of sp³-hybridized carbons (Fsp3) is 0.350. The molecule has 1 heterocycles. The molecule has 4 nitrogen and oxygen atoms in total. The van der Waals surface area contributed by atoms with Gasteiger partial charge in [-0.3, -0.25) is 0 Å². The van der Waals surface area contributed by atoms with E-state index in [-0.39, 0.29) is 6.03 Å². The predicted octanol–water partition coefficient (Wildman–Crippen LogP) is 3.43. The molecule has 0 spiro atoms. The first-order valence-electron chi connectivity index (χ1n) is 8.90. The maximum absolute atomic E-state index is 13.9. The van der Waals surface area contributed by atoms with Crippen molar-refractivity contribution in [1.29, 1.82) is 0 Å². The zero-order valence-electron chi connectivity index (χ0n) is 14.6. The zero-order valence-corrected chi connectivity index (χ0v) is 14.6. The molecule has 26 heavy (non-hydrogen) atoms. The molecule has 2 aromatic rings. The number of piperazine rings is 1. The Morgan fingerprint density at radius 2 is 1.73 bits per heavy atom. The van der Waals surface area contributed by atoms with Crippen molar-refractivity contribution in [3.8, 4) is 0 Å². The molecule has 1 fully saturated rings. The van der Waals surface area contributed by atoms with E-state index < -0.39 is 11.6 Å². The summed E-state index contributed by atoms with van der Waals surface area (Å²) in [7, 11) is 0. The molecule has 0 saturated carbocycles. The van der Waals surface area contributed by atoms with Gasteiger partial charge in [-0.15, -0.1) is 0 Å². The SMILES string of the molecule is O=C(NCCCc1ccccc1)N1CCN(c2ccc(F)cc2F)CC1. The minimum absolute atomic E-state index is 0.0858. The number of urea groups is 1. The van der Waals surface area contributed by atoms with Gasteiger partial charge in [0.25, 0.3) is 0 Å². The van der Waals surface area contributed by atoms with Crippen LogP contribution in [-0.2, 0) is 6.42 Å². The van der Waals surface area contributed by atoms with Crippen LogP contribution in [0.1, 0.15) is 12.0 Å². The summed E-state index contributed by atoms with van der Waals surface area (Å²) < 4.78 is 26.9. The number of hydrogen-bond acceptors (Lipinski definition) is 2. The van der Waals surface area contributed by atoms with Gasteiger partial charge in [0.05, 0.1) is 5.69 Å². The minimum atomic E-state index is -0.584. The highest BCUT2D eigenvalue weighted by molar-refractivity contribution is 5.74. The lowest BCUT2D eigenvalue weighted by Gasteiger charge is -2.36. The highest BCUT2D eigenvalue weighted by atomic mass is 19.1. The lowest BCUT2D eigenvalue weighted by atomic mass is 10.1. The summed E-state index contributed by atoms with van der Waals surface area (Å²) in [5.41, 5.74) is 1.64. The van der Waals surface area contributed by atoms with Crippen molar-refractivity contribution in [3.05, 3.63) is 65.7 Å². The van der Waals surface area contributed by atoms with Crippen LogP contribution in [-0.4, -0.2) is 43.7 Å². The maximum Gasteiger partial charge on any atom is 0.317 e. The Bertz CT molecular complexity index is 731. The van der Waals surface area contributed by atoms with Crippen LogP contribution in [0.5, 0.6) is 0 Å². The van der Waals surface area contributed by atoms with Gasteiger partial charge in [-0.1, -0.05) is 30.3 Å². The van der Waals surface area contributed by atoms with Crippen LogP contribution in [0.2, 0.25) is 0 Å². The third-order valence-electron chi connectivity index (χ3n) is 4.58. The van der Waals surface area contributed by atoms with Gasteiger partial charge >= 0.3 is 6.03 Å². The molecule has 1 saturated heterocycles. The van der Waals surface area contributed by atoms with Gasteiger partial charge in [0.2, 0.25) is 0 Å². The van der Waals surface area contributed by atoms with Crippen molar-refractivity contribution in [2.45, 2.75) is 12.8 Å². The van der Waals surface area contributed by atoms with Crippen molar-refractivity contribution in [2.75, 3.05) is 37.6 Å². The van der Waals surface area contributed by atoms with Gasteiger partial charge in [0.1, 0.15) is 11.6 Å². The third kappa shape index (κ3) is 4.71. The first-order chi connectivity index (χ1) is 12.6. The van der Waals surface area contributed by atoms with Gasteiger partial charge in [0.15, 0.2) is 0 Å². The lowest BCUT2D eigenvalue weighted by Crippen LogP contribution is -2.52. The Hall–Kier alpha value is -2.63. The fourth-order valence-electron chi connectivity index (χ4n) is 3.13. The molecule has 1 aliphatic rings. The van der Waals surface area contributed by atoms with E-state index in [4.69, 9.17) is 0 Å². The number of halogens is 2. The van der Waals surface area contributed by atoms with Gasteiger partial charge < -0.3 is 15.1 Å². The Kier molecular flexibility index (Phi) is 6.04. The molecule has 0 unspecified atom stereocenters. The van der Waals surface area contributed by atoms with Gasteiger partial charge in [0, 0.05) is 38.8 Å². The molecule has 138 valence electrons. The maximum atomic E-state index is 13.9. The highest BCUT2D eigenvalue weighted by Gasteiger charge is 2.22. The van der Waals surface area contributed by atoms with Gasteiger partial charge in [-0.05, 0) is 30.5 Å². The molecule has 0 aliphatic carbocycles. The molecule has 0 bridgehead atoms. The van der Waals surface area contributed by atoms with Crippen LogP contribution in [0.3, 0.4) is 0 Å². The molecule has 3 rings (SSSR count). The highest BCUT2D eigenvalue weighted by Crippen LogP contribution is 2.21. The second kappa shape index (κ2) is 8.65. The molecule has 2 amide bonds. The Labute approximate surface area is 152 Å². The van der Waals surface area contributed by atoms with E-state index >= 15 is 0 Å². The molecule has 1 N–H and O–H groups in total. The number of nitrogens with one attached hydrogen (secondary N) is 1. The number of nitrogens with zero attached hydrogens (tertiary/aromatic N) is 2. The van der Waals surface area contributed by atoms with Crippen LogP contribution >= 0.6 is 0 Å². The predicted molar refractivity (Wildman–Crippen MR) is 98.3 cm³/mol. The second-order valence-corrected chi connectivity index (χ2v) is 6.39. The number of carbonyl (C=O) groups excluding carboxylic acids is 1. The Morgan fingerprint density at radius 3 is 2.42 bits per heavy atom. The number of anilines is 1. The van der Waals surface area contributed by atoms with E-state index in [9.17, 15) is 13.6 Å². The first kappa shape index (κ1) is 18.2. The summed E-state index contributed by atoms with van der Waals surface area (Å²) >= 11 is 0. The standard InChI is InChI=1S/C20H23F2N3O/c21-17-8-9-19(18(22)15-17)24-11-13-25(14-12-24)20(26)23-10-4-7-16-5-2-1-3-6-16/h1-3,5-6,8-9,15H,4,7,10-14H2,(H,23,26). The molecule has 0 aromatic heterocycles. The average Bonchev–Trinajstić information content (AvgIpc) is 2.66. The lowest BCUT2D eigenvalue weighted by molar-refractivity contribution is 0.194. The number of amides is 2. The van der Waals surface area contributed by atoms with Crippen LogP contribution < -0.4 is 10.2 Å². The first-order valence-corrected chi connectivity index (χ1v) is 8.90. The van der Waals surface area contributed by atoms with Crippen LogP contribution in [0, 0.1) is 11.6 Å². The number of rotatable bonds is 5. The summed E-state index contributed by atoms with van der Waals surface area (Å²) in [4.78, 5) is 15.8. The summed E-state index contributed by atoms with van der Waals surface area (Å²) in [5.74, 6) is -1.15. The molecular formula is C20H23F2N3O. The van der Waals surface area contributed by atoms with Crippen LogP contribution in [0.25, 0.3) is 0 Å². The van der Waals surface area contributed by atoms with E-state index in [2.05, 4.69) is 17.4 Å². The summed E-state index contributed by atoms with van der Waals surface area (Å²) in [5, 5.41) is 2.94. The minimum Gasteiger partial charge on any atom is -0.366 e. The van der Waals surface area contributed by atoms with Crippen LogP contribution in [0.4, 0.5) is 19.3 Å². The number of benzene rings is 2. The largest absolute Gasteiger partial charge is 0.366 e. The van der Waals surface area contributed by atoms with Gasteiger partial charge in [-0.2, -0.15) is 0 Å². The van der Waals surface area contributed by atoms with Crippen LogP contribution in [0.15, 0.2) is 48.5 Å². The van der Waals surface area contributed by atoms with Crippen molar-refractivity contribution < 1.29 is 13.6 Å². The summed E-state index contributed by atoms with van der Waals surface area (Å²) in [6.07, 6.45) is 1.81. The van der Waals surface area contributed by atoms with Crippen molar-refractivity contribution >= 4 is 11.7 Å². The summed E-state index contributed by atoms with van der Waals surface area (Å²) in [6, 6.07) is 13.7. The Morgan fingerprint density at radius 1 is 1.00 bits per heavy atom. The van der Waals surface area contributed by atoms with Gasteiger partial charge in [-0.25, -0.2) is 13.6 Å². The van der Waals surface area contributed by atoms with E-state index in [0.717, 1.165) is 18.9 Å². The van der Waals surface area contributed by atoms with Crippen molar-refractivity contribution in [2.24, 2.45) is 0 Å². The molecule has 2 aromatic carbocycles.